The van der Waals surface area contributed by atoms with Gasteiger partial charge in [0, 0.05) is 6.07 Å². The Kier molecular flexibility index (Phi) is 4.11. The molecule has 0 N–H and O–H groups in total. The fraction of sp³-hybridized carbons (Fsp3) is 0.0476. The molecule has 0 aliphatic rings. The van der Waals surface area contributed by atoms with Crippen molar-refractivity contribution in [3.63, 3.8) is 0 Å². The Balaban J connectivity index is 1.74. The molecule has 0 fully saturated rings. The van der Waals surface area contributed by atoms with Crippen molar-refractivity contribution < 1.29 is 9.15 Å². The topological polar surface area (TPSA) is 61.4 Å². The molecule has 0 radical (unpaired) electrons. The Morgan fingerprint density at radius 3 is 2.46 bits per heavy atom. The predicted octanol–water partition coefficient (Wildman–Crippen LogP) is 3.52. The van der Waals surface area contributed by atoms with Crippen LogP contribution in [-0.4, -0.2) is 4.57 Å². The Bertz CT molecular complexity index is 1180. The molecule has 0 saturated heterocycles. The molecule has 128 valence electrons. The van der Waals surface area contributed by atoms with Crippen molar-refractivity contribution in [2.75, 3.05) is 0 Å². The number of para-hydroxylation sites is 1. The van der Waals surface area contributed by atoms with Gasteiger partial charge in [0.25, 0.3) is 0 Å². The summed E-state index contributed by atoms with van der Waals surface area (Å²) < 4.78 is 12.0. The van der Waals surface area contributed by atoms with E-state index in [1.807, 2.05) is 36.4 Å². The van der Waals surface area contributed by atoms with Crippen LogP contribution in [0.25, 0.3) is 16.6 Å². The number of benzene rings is 3. The van der Waals surface area contributed by atoms with Crippen LogP contribution in [0.5, 0.6) is 5.75 Å². The number of ether oxygens (including phenoxy) is 1. The van der Waals surface area contributed by atoms with Crippen LogP contribution in [0.1, 0.15) is 5.56 Å². The molecule has 4 aromatic rings. The third-order valence-electron chi connectivity index (χ3n) is 4.05. The molecule has 0 aliphatic carbocycles. The highest BCUT2D eigenvalue weighted by molar-refractivity contribution is 5.79. The maximum absolute atomic E-state index is 12.3. The van der Waals surface area contributed by atoms with Crippen LogP contribution in [0.3, 0.4) is 0 Å². The van der Waals surface area contributed by atoms with Crippen molar-refractivity contribution in [3.05, 3.63) is 105 Å². The van der Waals surface area contributed by atoms with Gasteiger partial charge in [-0.15, -0.1) is 0 Å². The zero-order valence-corrected chi connectivity index (χ0v) is 13.8. The minimum absolute atomic E-state index is 0.350. The minimum Gasteiger partial charge on any atom is -0.489 e. The van der Waals surface area contributed by atoms with Crippen LogP contribution < -0.4 is 16.1 Å². The zero-order valence-electron chi connectivity index (χ0n) is 13.8. The molecule has 0 aliphatic heterocycles. The highest BCUT2D eigenvalue weighted by atomic mass is 16.5. The summed E-state index contributed by atoms with van der Waals surface area (Å²) in [5.41, 5.74) is 1.47. The Labute approximate surface area is 148 Å². The Morgan fingerprint density at radius 1 is 0.846 bits per heavy atom. The summed E-state index contributed by atoms with van der Waals surface area (Å²) in [6.45, 7) is 0.420. The first-order valence-corrected chi connectivity index (χ1v) is 8.14. The first-order valence-electron chi connectivity index (χ1n) is 8.14. The van der Waals surface area contributed by atoms with E-state index in [0.717, 1.165) is 5.56 Å². The molecule has 0 saturated carbocycles. The van der Waals surface area contributed by atoms with Crippen molar-refractivity contribution in [2.45, 2.75) is 6.61 Å². The second-order valence-corrected chi connectivity index (χ2v) is 5.78. The lowest BCUT2D eigenvalue weighted by molar-refractivity contribution is 0.306. The maximum atomic E-state index is 12.3. The molecule has 4 rings (SSSR count). The van der Waals surface area contributed by atoms with Crippen molar-refractivity contribution in [1.29, 1.82) is 0 Å². The van der Waals surface area contributed by atoms with Gasteiger partial charge < -0.3 is 9.15 Å². The molecule has 0 bridgehead atoms. The van der Waals surface area contributed by atoms with E-state index >= 15 is 0 Å². The number of fused-ring (bicyclic) bond motifs is 1. The van der Waals surface area contributed by atoms with Crippen LogP contribution in [0.4, 0.5) is 0 Å². The Morgan fingerprint density at radius 2 is 1.62 bits per heavy atom. The molecular formula is C21H15NO4. The number of nitrogens with zero attached hydrogens (tertiary/aromatic N) is 1. The molecule has 5 heteroatoms. The molecule has 1 aromatic heterocycles. The van der Waals surface area contributed by atoms with Gasteiger partial charge in [0.2, 0.25) is 0 Å². The molecule has 0 atom stereocenters. The molecule has 1 heterocycles. The summed E-state index contributed by atoms with van der Waals surface area (Å²) in [6, 6.07) is 23.8. The van der Waals surface area contributed by atoms with Crippen LogP contribution >= 0.6 is 0 Å². The summed E-state index contributed by atoms with van der Waals surface area (Å²) in [5, 5.41) is 0.350. The maximum Gasteiger partial charge on any atom is 0.426 e. The SMILES string of the molecule is O=c1oc(=O)n(-c2cccc(OCc3ccccc3)c2)c2ccccc12. The first kappa shape index (κ1) is 15.9. The van der Waals surface area contributed by atoms with Crippen molar-refractivity contribution in [2.24, 2.45) is 0 Å². The average Bonchev–Trinajstić information content (AvgIpc) is 2.68. The lowest BCUT2D eigenvalue weighted by Gasteiger charge is -2.11. The van der Waals surface area contributed by atoms with Gasteiger partial charge in [-0.05, 0) is 29.8 Å². The van der Waals surface area contributed by atoms with Crippen molar-refractivity contribution in [3.8, 4) is 11.4 Å². The third-order valence-corrected chi connectivity index (χ3v) is 4.05. The molecular weight excluding hydrogens is 330 g/mol. The van der Waals surface area contributed by atoms with E-state index in [4.69, 9.17) is 9.15 Å². The lowest BCUT2D eigenvalue weighted by atomic mass is 10.2. The van der Waals surface area contributed by atoms with Gasteiger partial charge in [-0.3, -0.25) is 0 Å². The average molecular weight is 345 g/mol. The molecule has 3 aromatic carbocycles. The third kappa shape index (κ3) is 3.02. The highest BCUT2D eigenvalue weighted by Crippen LogP contribution is 2.20. The van der Waals surface area contributed by atoms with Gasteiger partial charge in [-0.1, -0.05) is 48.5 Å². The van der Waals surface area contributed by atoms with E-state index in [1.54, 1.807) is 42.5 Å². The quantitative estimate of drug-likeness (QED) is 0.568. The van der Waals surface area contributed by atoms with Gasteiger partial charge in [0.05, 0.1) is 16.6 Å². The minimum atomic E-state index is -0.728. The first-order chi connectivity index (χ1) is 12.7. The summed E-state index contributed by atoms with van der Waals surface area (Å²) in [6.07, 6.45) is 0. The zero-order chi connectivity index (χ0) is 17.9. The fourth-order valence-electron chi connectivity index (χ4n) is 2.82. The molecule has 0 spiro atoms. The van der Waals surface area contributed by atoms with Crippen molar-refractivity contribution >= 4 is 10.9 Å². The number of aromatic nitrogens is 1. The second-order valence-electron chi connectivity index (χ2n) is 5.78. The van der Waals surface area contributed by atoms with Crippen LogP contribution in [-0.2, 0) is 6.61 Å². The summed E-state index contributed by atoms with van der Waals surface area (Å²) in [7, 11) is 0. The molecule has 26 heavy (non-hydrogen) atoms. The van der Waals surface area contributed by atoms with E-state index in [9.17, 15) is 9.59 Å². The summed E-state index contributed by atoms with van der Waals surface area (Å²) in [4.78, 5) is 24.2. The van der Waals surface area contributed by atoms with E-state index in [-0.39, 0.29) is 0 Å². The molecule has 0 amide bonds. The van der Waals surface area contributed by atoms with Crippen molar-refractivity contribution in [1.82, 2.24) is 4.57 Å². The van der Waals surface area contributed by atoms with Gasteiger partial charge in [-0.2, -0.15) is 0 Å². The molecule has 5 nitrogen and oxygen atoms in total. The predicted molar refractivity (Wildman–Crippen MR) is 98.9 cm³/mol. The number of hydrogen-bond donors (Lipinski definition) is 0. The smallest absolute Gasteiger partial charge is 0.426 e. The van der Waals surface area contributed by atoms with Crippen LogP contribution in [0.15, 0.2) is 92.9 Å². The van der Waals surface area contributed by atoms with E-state index in [1.165, 1.54) is 4.57 Å². The summed E-state index contributed by atoms with van der Waals surface area (Å²) >= 11 is 0. The fourth-order valence-corrected chi connectivity index (χ4v) is 2.82. The van der Waals surface area contributed by atoms with Crippen LogP contribution in [0.2, 0.25) is 0 Å². The summed E-state index contributed by atoms with van der Waals surface area (Å²) in [5.74, 6) is -0.109. The van der Waals surface area contributed by atoms with E-state index in [2.05, 4.69) is 0 Å². The van der Waals surface area contributed by atoms with Gasteiger partial charge in [0.15, 0.2) is 0 Å². The lowest BCUT2D eigenvalue weighted by Crippen LogP contribution is -2.23. The number of rotatable bonds is 4. The highest BCUT2D eigenvalue weighted by Gasteiger charge is 2.11. The normalized spacial score (nSPS) is 10.8. The van der Waals surface area contributed by atoms with E-state index < -0.39 is 11.4 Å². The van der Waals surface area contributed by atoms with Gasteiger partial charge >= 0.3 is 11.4 Å². The molecule has 0 unspecified atom stereocenters. The standard InChI is InChI=1S/C21H15NO4/c23-20-18-11-4-5-12-19(18)22(21(24)26-20)16-9-6-10-17(13-16)25-14-15-7-2-1-3-8-15/h1-13H,14H2. The van der Waals surface area contributed by atoms with Gasteiger partial charge in [0.1, 0.15) is 12.4 Å². The van der Waals surface area contributed by atoms with Crippen LogP contribution in [0, 0.1) is 0 Å². The van der Waals surface area contributed by atoms with Gasteiger partial charge in [-0.25, -0.2) is 14.2 Å². The number of hydrogen-bond acceptors (Lipinski definition) is 4. The van der Waals surface area contributed by atoms with E-state index in [0.29, 0.717) is 28.9 Å². The Hall–Kier alpha value is -3.60. The monoisotopic (exact) mass is 345 g/mol. The second kappa shape index (κ2) is 6.72. The largest absolute Gasteiger partial charge is 0.489 e.